The Balaban J connectivity index is 1.22. The fraction of sp³-hybridized carbons (Fsp3) is 0.0204. The Bertz CT molecular complexity index is 2580. The molecule has 4 nitrogen and oxygen atoms in total. The van der Waals surface area contributed by atoms with Gasteiger partial charge in [-0.3, -0.25) is 4.98 Å². The minimum absolute atomic E-state index is 0.609. The van der Waals surface area contributed by atoms with Crippen molar-refractivity contribution in [3.8, 4) is 78.7 Å². The third-order valence-corrected chi connectivity index (χ3v) is 9.67. The van der Waals surface area contributed by atoms with Crippen LogP contribution in [0.5, 0.6) is 0 Å². The van der Waals surface area contributed by atoms with E-state index < -0.39 is 0 Å². The molecule has 0 saturated carbocycles. The van der Waals surface area contributed by atoms with Crippen molar-refractivity contribution in [2.45, 2.75) is 6.92 Å². The quantitative estimate of drug-likeness (QED) is 0.168. The van der Waals surface area contributed by atoms with Crippen molar-refractivity contribution in [3.63, 3.8) is 0 Å². The van der Waals surface area contributed by atoms with Crippen LogP contribution in [-0.4, -0.2) is 19.9 Å². The third-order valence-electron chi connectivity index (χ3n) is 9.67. The number of benzene rings is 7. The molecule has 0 aliphatic carbocycles. The molecule has 0 aliphatic heterocycles. The van der Waals surface area contributed by atoms with Gasteiger partial charge in [-0.1, -0.05) is 157 Å². The molecule has 0 atom stereocenters. The SMILES string of the molecule is Cc1ccc(-c2cc(-c3nc(-c4ccc(-c5ccccc5)cc4)nc(-c4ccc(-c5ccccc5)cc4)n3)cc(-c3ccnc4ccccc34)c2)cc1. The largest absolute Gasteiger partial charge is 0.256 e. The Morgan fingerprint density at radius 1 is 0.321 bits per heavy atom. The molecular weight excluding hydrogens is 645 g/mol. The lowest BCUT2D eigenvalue weighted by molar-refractivity contribution is 1.07. The van der Waals surface area contributed by atoms with Gasteiger partial charge in [0.05, 0.1) is 5.52 Å². The number of para-hydroxylation sites is 1. The topological polar surface area (TPSA) is 51.6 Å². The Kier molecular flexibility index (Phi) is 8.39. The molecule has 0 unspecified atom stereocenters. The minimum Gasteiger partial charge on any atom is -0.256 e. The van der Waals surface area contributed by atoms with E-state index in [2.05, 4.69) is 176 Å². The molecule has 9 aromatic rings. The van der Waals surface area contributed by atoms with Gasteiger partial charge in [0, 0.05) is 28.3 Å². The van der Waals surface area contributed by atoms with Crippen LogP contribution >= 0.6 is 0 Å². The molecule has 0 spiro atoms. The molecule has 0 radical (unpaired) electrons. The molecule has 4 heteroatoms. The Hall–Kier alpha value is -7.04. The molecule has 0 aliphatic rings. The van der Waals surface area contributed by atoms with Crippen LogP contribution in [0.15, 0.2) is 188 Å². The highest BCUT2D eigenvalue weighted by molar-refractivity contribution is 5.96. The fourth-order valence-corrected chi connectivity index (χ4v) is 6.82. The highest BCUT2D eigenvalue weighted by atomic mass is 15.0. The van der Waals surface area contributed by atoms with Gasteiger partial charge in [-0.05, 0) is 81.8 Å². The molecule has 53 heavy (non-hydrogen) atoms. The van der Waals surface area contributed by atoms with E-state index in [1.165, 1.54) is 16.7 Å². The highest BCUT2D eigenvalue weighted by Crippen LogP contribution is 2.36. The van der Waals surface area contributed by atoms with Crippen molar-refractivity contribution in [3.05, 3.63) is 194 Å². The van der Waals surface area contributed by atoms with E-state index in [-0.39, 0.29) is 0 Å². The van der Waals surface area contributed by atoms with Crippen LogP contribution < -0.4 is 0 Å². The zero-order valence-electron chi connectivity index (χ0n) is 29.2. The summed E-state index contributed by atoms with van der Waals surface area (Å²) in [4.78, 5) is 20.1. The number of pyridine rings is 1. The standard InChI is InChI=1S/C49H34N4/c1-33-16-18-38(19-17-33)41-30-42(44-28-29-50-46-15-9-8-14-45(44)46)32-43(31-41)49-52-47(39-24-20-36(21-25-39)34-10-4-2-5-11-34)51-48(53-49)40-26-22-37(23-27-40)35-12-6-3-7-13-35/h2-32H,1H3. The third kappa shape index (κ3) is 6.62. The number of rotatable bonds is 7. The van der Waals surface area contributed by atoms with Gasteiger partial charge in [0.15, 0.2) is 17.5 Å². The van der Waals surface area contributed by atoms with E-state index in [0.29, 0.717) is 17.5 Å². The average Bonchev–Trinajstić information content (AvgIpc) is 3.24. The van der Waals surface area contributed by atoms with Crippen molar-refractivity contribution in [1.82, 2.24) is 19.9 Å². The average molecular weight is 679 g/mol. The Morgan fingerprint density at radius 3 is 1.32 bits per heavy atom. The minimum atomic E-state index is 0.609. The highest BCUT2D eigenvalue weighted by Gasteiger charge is 2.16. The summed E-state index contributed by atoms with van der Waals surface area (Å²) in [7, 11) is 0. The lowest BCUT2D eigenvalue weighted by Crippen LogP contribution is -2.01. The first-order valence-electron chi connectivity index (χ1n) is 17.8. The molecule has 0 fully saturated rings. The van der Waals surface area contributed by atoms with Crippen molar-refractivity contribution >= 4 is 10.9 Å². The molecular formula is C49H34N4. The van der Waals surface area contributed by atoms with Crippen LogP contribution in [-0.2, 0) is 0 Å². The second kappa shape index (κ2) is 13.9. The predicted molar refractivity (Wildman–Crippen MR) is 218 cm³/mol. The molecule has 7 aromatic carbocycles. The first kappa shape index (κ1) is 31.9. The smallest absolute Gasteiger partial charge is 0.164 e. The second-order valence-corrected chi connectivity index (χ2v) is 13.2. The van der Waals surface area contributed by atoms with Gasteiger partial charge in [0.2, 0.25) is 0 Å². The van der Waals surface area contributed by atoms with Crippen LogP contribution in [0.2, 0.25) is 0 Å². The van der Waals surface area contributed by atoms with Gasteiger partial charge in [0.25, 0.3) is 0 Å². The normalized spacial score (nSPS) is 11.1. The van der Waals surface area contributed by atoms with E-state index >= 15 is 0 Å². The lowest BCUT2D eigenvalue weighted by Gasteiger charge is -2.14. The van der Waals surface area contributed by atoms with E-state index in [0.717, 1.165) is 61.0 Å². The van der Waals surface area contributed by atoms with Gasteiger partial charge >= 0.3 is 0 Å². The summed E-state index contributed by atoms with van der Waals surface area (Å²) < 4.78 is 0. The van der Waals surface area contributed by atoms with Crippen LogP contribution in [0.25, 0.3) is 89.6 Å². The number of aryl methyl sites for hydroxylation is 1. The van der Waals surface area contributed by atoms with Gasteiger partial charge in [-0.25, -0.2) is 15.0 Å². The van der Waals surface area contributed by atoms with Crippen molar-refractivity contribution in [2.75, 3.05) is 0 Å². The number of nitrogens with zero attached hydrogens (tertiary/aromatic N) is 4. The van der Waals surface area contributed by atoms with Crippen LogP contribution in [0, 0.1) is 6.92 Å². The van der Waals surface area contributed by atoms with Gasteiger partial charge in [0.1, 0.15) is 0 Å². The van der Waals surface area contributed by atoms with Crippen molar-refractivity contribution in [2.24, 2.45) is 0 Å². The summed E-state index contributed by atoms with van der Waals surface area (Å²) in [5, 5.41) is 1.09. The maximum Gasteiger partial charge on any atom is 0.164 e. The number of fused-ring (bicyclic) bond motifs is 1. The fourth-order valence-electron chi connectivity index (χ4n) is 6.82. The predicted octanol–water partition coefficient (Wildman–Crippen LogP) is 12.4. The van der Waals surface area contributed by atoms with Crippen molar-refractivity contribution in [1.29, 1.82) is 0 Å². The second-order valence-electron chi connectivity index (χ2n) is 13.2. The Morgan fingerprint density at radius 2 is 0.736 bits per heavy atom. The summed E-state index contributed by atoms with van der Waals surface area (Å²) in [6, 6.07) is 63.4. The van der Waals surface area contributed by atoms with Crippen molar-refractivity contribution < 1.29 is 0 Å². The van der Waals surface area contributed by atoms with Gasteiger partial charge < -0.3 is 0 Å². The summed E-state index contributed by atoms with van der Waals surface area (Å²) in [6.07, 6.45) is 1.88. The van der Waals surface area contributed by atoms with Crippen LogP contribution in [0.4, 0.5) is 0 Å². The van der Waals surface area contributed by atoms with Gasteiger partial charge in [-0.2, -0.15) is 0 Å². The Labute approximate surface area is 309 Å². The van der Waals surface area contributed by atoms with E-state index in [1.54, 1.807) is 0 Å². The molecule has 9 rings (SSSR count). The molecule has 2 aromatic heterocycles. The molecule has 0 saturated heterocycles. The number of aromatic nitrogens is 4. The van der Waals surface area contributed by atoms with E-state index in [4.69, 9.17) is 15.0 Å². The summed E-state index contributed by atoms with van der Waals surface area (Å²) in [5.74, 6) is 1.85. The number of hydrogen-bond donors (Lipinski definition) is 0. The zero-order chi connectivity index (χ0) is 35.6. The molecule has 0 bridgehead atoms. The molecule has 0 N–H and O–H groups in total. The van der Waals surface area contributed by atoms with E-state index in [9.17, 15) is 0 Å². The first-order valence-corrected chi connectivity index (χ1v) is 17.8. The van der Waals surface area contributed by atoms with Gasteiger partial charge in [-0.15, -0.1) is 0 Å². The molecule has 0 amide bonds. The lowest BCUT2D eigenvalue weighted by atomic mass is 9.94. The maximum atomic E-state index is 5.18. The van der Waals surface area contributed by atoms with E-state index in [1.807, 2.05) is 24.4 Å². The monoisotopic (exact) mass is 678 g/mol. The molecule has 2 heterocycles. The zero-order valence-corrected chi connectivity index (χ0v) is 29.2. The van der Waals surface area contributed by atoms with Crippen LogP contribution in [0.3, 0.4) is 0 Å². The maximum absolute atomic E-state index is 5.18. The first-order chi connectivity index (χ1) is 26.1. The summed E-state index contributed by atoms with van der Waals surface area (Å²) in [6.45, 7) is 2.11. The number of hydrogen-bond acceptors (Lipinski definition) is 4. The summed E-state index contributed by atoms with van der Waals surface area (Å²) >= 11 is 0. The summed E-state index contributed by atoms with van der Waals surface area (Å²) in [5.41, 5.74) is 13.9. The van der Waals surface area contributed by atoms with Crippen LogP contribution in [0.1, 0.15) is 5.56 Å². The molecule has 250 valence electrons.